The number of imidazole rings is 1. The molecule has 0 aliphatic rings. The summed E-state index contributed by atoms with van der Waals surface area (Å²) in [7, 11) is 1.62. The van der Waals surface area contributed by atoms with E-state index in [-0.39, 0.29) is 5.92 Å². The molecule has 6 heteroatoms. The van der Waals surface area contributed by atoms with Crippen molar-refractivity contribution in [3.8, 4) is 17.0 Å². The number of anilines is 1. The summed E-state index contributed by atoms with van der Waals surface area (Å²) in [5.74, 6) is 0.826. The van der Waals surface area contributed by atoms with Gasteiger partial charge in [-0.3, -0.25) is 4.40 Å². The van der Waals surface area contributed by atoms with Crippen LogP contribution in [0.25, 0.3) is 16.9 Å². The Morgan fingerprint density at radius 2 is 1.96 bits per heavy atom. The van der Waals surface area contributed by atoms with Crippen LogP contribution in [-0.4, -0.2) is 33.6 Å². The van der Waals surface area contributed by atoms with E-state index < -0.39 is 12.0 Å². The van der Waals surface area contributed by atoms with Crippen LogP contribution in [-0.2, 0) is 4.79 Å². The first-order valence-corrected chi connectivity index (χ1v) is 8.60. The predicted octanol–water partition coefficient (Wildman–Crippen LogP) is 3.92. The third-order valence-corrected chi connectivity index (χ3v) is 4.21. The fourth-order valence-electron chi connectivity index (χ4n) is 2.94. The highest BCUT2D eigenvalue weighted by Crippen LogP contribution is 2.31. The van der Waals surface area contributed by atoms with Crippen LogP contribution in [0.15, 0.2) is 48.7 Å². The van der Waals surface area contributed by atoms with Gasteiger partial charge in [-0.1, -0.05) is 19.9 Å². The number of hydrogen-bond acceptors (Lipinski definition) is 4. The Hall–Kier alpha value is -3.02. The Bertz CT molecular complexity index is 900. The number of ether oxygens (including phenoxy) is 1. The highest BCUT2D eigenvalue weighted by Gasteiger charge is 2.23. The molecule has 0 saturated carbocycles. The number of hydrogen-bond donors (Lipinski definition) is 2. The second-order valence-electron chi connectivity index (χ2n) is 6.63. The molecule has 1 aromatic carbocycles. The molecule has 0 aliphatic carbocycles. The van der Waals surface area contributed by atoms with Crippen LogP contribution in [0.2, 0.25) is 0 Å². The molecule has 6 nitrogen and oxygen atoms in total. The van der Waals surface area contributed by atoms with Crippen LogP contribution in [0.4, 0.5) is 5.82 Å². The van der Waals surface area contributed by atoms with Crippen molar-refractivity contribution in [2.45, 2.75) is 26.3 Å². The zero-order valence-electron chi connectivity index (χ0n) is 15.1. The van der Waals surface area contributed by atoms with Crippen LogP contribution in [0.1, 0.15) is 20.3 Å². The van der Waals surface area contributed by atoms with Gasteiger partial charge in [0, 0.05) is 11.8 Å². The lowest BCUT2D eigenvalue weighted by Crippen LogP contribution is -2.31. The van der Waals surface area contributed by atoms with E-state index in [0.717, 1.165) is 17.0 Å². The summed E-state index contributed by atoms with van der Waals surface area (Å²) in [5, 5.41) is 12.8. The fraction of sp³-hybridized carbons (Fsp3) is 0.300. The van der Waals surface area contributed by atoms with Gasteiger partial charge in [-0.2, -0.15) is 0 Å². The Kier molecular flexibility index (Phi) is 5.11. The summed E-state index contributed by atoms with van der Waals surface area (Å²) in [6.07, 6.45) is 2.41. The third-order valence-electron chi connectivity index (χ3n) is 4.21. The standard InChI is InChI=1S/C20H23N3O3/c1-13(2)12-16(20(24)25)21-19-18(14-7-9-15(26-3)10-8-14)22-17-6-4-5-11-23(17)19/h4-11,13,16,21H,12H2,1-3H3,(H,24,25). The lowest BCUT2D eigenvalue weighted by molar-refractivity contribution is -0.138. The molecule has 0 fully saturated rings. The van der Waals surface area contributed by atoms with Crippen molar-refractivity contribution in [2.24, 2.45) is 5.92 Å². The summed E-state index contributed by atoms with van der Waals surface area (Å²) in [4.78, 5) is 16.4. The van der Waals surface area contributed by atoms with Crippen molar-refractivity contribution in [3.05, 3.63) is 48.7 Å². The van der Waals surface area contributed by atoms with Gasteiger partial charge >= 0.3 is 5.97 Å². The number of methoxy groups -OCH3 is 1. The van der Waals surface area contributed by atoms with Gasteiger partial charge in [-0.15, -0.1) is 0 Å². The highest BCUT2D eigenvalue weighted by molar-refractivity contribution is 5.82. The normalized spacial score (nSPS) is 12.3. The van der Waals surface area contributed by atoms with Crippen molar-refractivity contribution in [3.63, 3.8) is 0 Å². The Balaban J connectivity index is 2.08. The molecule has 2 N–H and O–H groups in total. The first kappa shape index (κ1) is 17.8. The molecule has 0 bridgehead atoms. The average molecular weight is 353 g/mol. The fourth-order valence-corrected chi connectivity index (χ4v) is 2.94. The van der Waals surface area contributed by atoms with E-state index in [0.29, 0.717) is 17.9 Å². The number of nitrogens with zero attached hydrogens (tertiary/aromatic N) is 2. The van der Waals surface area contributed by atoms with Gasteiger partial charge in [0.05, 0.1) is 7.11 Å². The maximum absolute atomic E-state index is 11.7. The number of rotatable bonds is 7. The van der Waals surface area contributed by atoms with Gasteiger partial charge < -0.3 is 15.2 Å². The summed E-state index contributed by atoms with van der Waals surface area (Å²) in [5.41, 5.74) is 2.37. The first-order valence-electron chi connectivity index (χ1n) is 8.60. The van der Waals surface area contributed by atoms with Crippen molar-refractivity contribution in [2.75, 3.05) is 12.4 Å². The molecule has 3 aromatic rings. The highest BCUT2D eigenvalue weighted by atomic mass is 16.5. The van der Waals surface area contributed by atoms with Crippen LogP contribution in [0, 0.1) is 5.92 Å². The number of carbonyl (C=O) groups is 1. The van der Waals surface area contributed by atoms with Crippen LogP contribution < -0.4 is 10.1 Å². The van der Waals surface area contributed by atoms with E-state index in [1.165, 1.54) is 0 Å². The molecular formula is C20H23N3O3. The second kappa shape index (κ2) is 7.47. The lowest BCUT2D eigenvalue weighted by atomic mass is 10.0. The Morgan fingerprint density at radius 1 is 1.23 bits per heavy atom. The van der Waals surface area contributed by atoms with Gasteiger partial charge in [0.2, 0.25) is 0 Å². The van der Waals surface area contributed by atoms with Crippen molar-refractivity contribution in [1.29, 1.82) is 0 Å². The van der Waals surface area contributed by atoms with Crippen LogP contribution >= 0.6 is 0 Å². The number of carboxylic acid groups (broad SMARTS) is 1. The molecule has 3 rings (SSSR count). The van der Waals surface area contributed by atoms with E-state index in [1.807, 2.05) is 66.9 Å². The number of fused-ring (bicyclic) bond motifs is 1. The van der Waals surface area contributed by atoms with E-state index in [1.54, 1.807) is 7.11 Å². The number of aromatic nitrogens is 2. The van der Waals surface area contributed by atoms with E-state index >= 15 is 0 Å². The number of pyridine rings is 1. The summed E-state index contributed by atoms with van der Waals surface area (Å²) in [6, 6.07) is 12.6. The molecule has 1 atom stereocenters. The minimum Gasteiger partial charge on any atom is -0.497 e. The molecule has 0 amide bonds. The molecule has 0 aliphatic heterocycles. The number of benzene rings is 1. The molecule has 0 saturated heterocycles. The molecule has 2 heterocycles. The van der Waals surface area contributed by atoms with Crippen LogP contribution in [0.3, 0.4) is 0 Å². The zero-order chi connectivity index (χ0) is 18.7. The van der Waals surface area contributed by atoms with E-state index in [2.05, 4.69) is 5.32 Å². The molecule has 0 spiro atoms. The maximum atomic E-state index is 11.7. The Morgan fingerprint density at radius 3 is 2.58 bits per heavy atom. The molecule has 1 unspecified atom stereocenters. The topological polar surface area (TPSA) is 75.9 Å². The monoisotopic (exact) mass is 353 g/mol. The average Bonchev–Trinajstić information content (AvgIpc) is 2.99. The first-order chi connectivity index (χ1) is 12.5. The molecule has 26 heavy (non-hydrogen) atoms. The van der Waals surface area contributed by atoms with Gasteiger partial charge in [0.1, 0.15) is 29.0 Å². The third kappa shape index (κ3) is 3.64. The van der Waals surface area contributed by atoms with Gasteiger partial charge in [0.25, 0.3) is 0 Å². The number of aliphatic carboxylic acids is 1. The predicted molar refractivity (Wildman–Crippen MR) is 102 cm³/mol. The number of nitrogens with one attached hydrogen (secondary N) is 1. The molecule has 2 aromatic heterocycles. The quantitative estimate of drug-likeness (QED) is 0.673. The van der Waals surface area contributed by atoms with E-state index in [9.17, 15) is 9.90 Å². The van der Waals surface area contributed by atoms with Gasteiger partial charge in [0.15, 0.2) is 0 Å². The summed E-state index contributed by atoms with van der Waals surface area (Å²) in [6.45, 7) is 4.02. The minimum atomic E-state index is -0.870. The lowest BCUT2D eigenvalue weighted by Gasteiger charge is -2.18. The van der Waals surface area contributed by atoms with Crippen LogP contribution in [0.5, 0.6) is 5.75 Å². The largest absolute Gasteiger partial charge is 0.497 e. The van der Waals surface area contributed by atoms with Crippen molar-refractivity contribution >= 4 is 17.4 Å². The summed E-state index contributed by atoms with van der Waals surface area (Å²) >= 11 is 0. The second-order valence-corrected chi connectivity index (χ2v) is 6.63. The van der Waals surface area contributed by atoms with Crippen molar-refractivity contribution in [1.82, 2.24) is 9.38 Å². The Labute approximate surface area is 152 Å². The smallest absolute Gasteiger partial charge is 0.326 e. The van der Waals surface area contributed by atoms with Gasteiger partial charge in [-0.25, -0.2) is 9.78 Å². The molecular weight excluding hydrogens is 330 g/mol. The molecule has 136 valence electrons. The van der Waals surface area contributed by atoms with Crippen molar-refractivity contribution < 1.29 is 14.6 Å². The maximum Gasteiger partial charge on any atom is 0.326 e. The molecule has 0 radical (unpaired) electrons. The minimum absolute atomic E-state index is 0.257. The summed E-state index contributed by atoms with van der Waals surface area (Å²) < 4.78 is 7.10. The number of carboxylic acids is 1. The van der Waals surface area contributed by atoms with E-state index in [4.69, 9.17) is 9.72 Å². The zero-order valence-corrected chi connectivity index (χ0v) is 15.1. The van der Waals surface area contributed by atoms with Gasteiger partial charge in [-0.05, 0) is 48.7 Å². The SMILES string of the molecule is COc1ccc(-c2nc3ccccn3c2NC(CC(C)C)C(=O)O)cc1.